The Balaban J connectivity index is 2.83. The lowest BCUT2D eigenvalue weighted by Crippen LogP contribution is -2.40. The normalized spacial score (nSPS) is 11.2. The molecule has 0 aliphatic heterocycles. The molecular formula is C12H18N2O2. The highest BCUT2D eigenvalue weighted by Crippen LogP contribution is 2.24. The lowest BCUT2D eigenvalue weighted by molar-refractivity contribution is -0.138. The summed E-state index contributed by atoms with van der Waals surface area (Å²) in [5, 5.41) is 0. The molecule has 0 atom stereocenters. The van der Waals surface area contributed by atoms with Crippen molar-refractivity contribution in [2.45, 2.75) is 26.2 Å². The molecule has 0 aromatic heterocycles. The SMILES string of the molecule is CCONC(=O)C(C)(C)c1ccc(N)cc1. The Kier molecular flexibility index (Phi) is 3.90. The fourth-order valence-corrected chi connectivity index (χ4v) is 1.30. The minimum Gasteiger partial charge on any atom is -0.399 e. The molecule has 1 amide bonds. The quantitative estimate of drug-likeness (QED) is 0.601. The van der Waals surface area contributed by atoms with Crippen LogP contribution < -0.4 is 11.2 Å². The third-order valence-corrected chi connectivity index (χ3v) is 2.51. The highest BCUT2D eigenvalue weighted by Gasteiger charge is 2.29. The van der Waals surface area contributed by atoms with Crippen LogP contribution in [-0.4, -0.2) is 12.5 Å². The van der Waals surface area contributed by atoms with Crippen molar-refractivity contribution in [2.75, 3.05) is 12.3 Å². The van der Waals surface area contributed by atoms with Gasteiger partial charge in [0.15, 0.2) is 0 Å². The molecule has 0 fully saturated rings. The van der Waals surface area contributed by atoms with Gasteiger partial charge < -0.3 is 5.73 Å². The van der Waals surface area contributed by atoms with E-state index in [2.05, 4.69) is 5.48 Å². The summed E-state index contributed by atoms with van der Waals surface area (Å²) in [6, 6.07) is 7.26. The third-order valence-electron chi connectivity index (χ3n) is 2.51. The molecular weight excluding hydrogens is 204 g/mol. The zero-order valence-corrected chi connectivity index (χ0v) is 9.91. The Morgan fingerprint density at radius 3 is 2.44 bits per heavy atom. The molecule has 0 saturated carbocycles. The molecule has 0 spiro atoms. The minimum atomic E-state index is -0.636. The zero-order valence-electron chi connectivity index (χ0n) is 9.91. The van der Waals surface area contributed by atoms with E-state index in [1.54, 1.807) is 12.1 Å². The van der Waals surface area contributed by atoms with Crippen LogP contribution in [0.1, 0.15) is 26.3 Å². The fraction of sp³-hybridized carbons (Fsp3) is 0.417. The lowest BCUT2D eigenvalue weighted by Gasteiger charge is -2.23. The average Bonchev–Trinajstić information content (AvgIpc) is 2.26. The summed E-state index contributed by atoms with van der Waals surface area (Å²) in [4.78, 5) is 16.7. The van der Waals surface area contributed by atoms with Gasteiger partial charge in [0.05, 0.1) is 12.0 Å². The first-order valence-corrected chi connectivity index (χ1v) is 5.26. The fourth-order valence-electron chi connectivity index (χ4n) is 1.30. The predicted molar refractivity (Wildman–Crippen MR) is 63.6 cm³/mol. The molecule has 0 aliphatic carbocycles. The predicted octanol–water partition coefficient (Wildman–Crippen LogP) is 1.61. The number of hydrogen-bond acceptors (Lipinski definition) is 3. The first kappa shape index (κ1) is 12.5. The van der Waals surface area contributed by atoms with Crippen molar-refractivity contribution in [2.24, 2.45) is 0 Å². The Morgan fingerprint density at radius 1 is 1.38 bits per heavy atom. The maximum absolute atomic E-state index is 11.8. The maximum Gasteiger partial charge on any atom is 0.253 e. The van der Waals surface area contributed by atoms with Gasteiger partial charge in [-0.25, -0.2) is 5.48 Å². The molecule has 16 heavy (non-hydrogen) atoms. The van der Waals surface area contributed by atoms with Crippen LogP contribution in [0.2, 0.25) is 0 Å². The third kappa shape index (κ3) is 2.73. The topological polar surface area (TPSA) is 64.3 Å². The van der Waals surface area contributed by atoms with Crippen LogP contribution >= 0.6 is 0 Å². The molecule has 88 valence electrons. The van der Waals surface area contributed by atoms with Crippen LogP contribution in [0.15, 0.2) is 24.3 Å². The van der Waals surface area contributed by atoms with E-state index in [4.69, 9.17) is 10.6 Å². The number of nitrogen functional groups attached to an aromatic ring is 1. The van der Waals surface area contributed by atoms with Gasteiger partial charge in [-0.05, 0) is 38.5 Å². The second-order valence-corrected chi connectivity index (χ2v) is 4.11. The molecule has 1 rings (SSSR count). The number of rotatable bonds is 4. The van der Waals surface area contributed by atoms with Crippen LogP contribution in [0.25, 0.3) is 0 Å². The number of nitrogens with one attached hydrogen (secondary N) is 1. The molecule has 1 aromatic rings. The Hall–Kier alpha value is -1.55. The Morgan fingerprint density at radius 2 is 1.94 bits per heavy atom. The van der Waals surface area contributed by atoms with Crippen LogP contribution in [0.5, 0.6) is 0 Å². The maximum atomic E-state index is 11.8. The van der Waals surface area contributed by atoms with Crippen LogP contribution in [0, 0.1) is 0 Å². The summed E-state index contributed by atoms with van der Waals surface area (Å²) in [5.41, 5.74) is 8.97. The van der Waals surface area contributed by atoms with Crippen molar-refractivity contribution in [1.29, 1.82) is 0 Å². The second kappa shape index (κ2) is 4.99. The van der Waals surface area contributed by atoms with Gasteiger partial charge in [0.25, 0.3) is 5.91 Å². The van der Waals surface area contributed by atoms with Crippen molar-refractivity contribution < 1.29 is 9.63 Å². The smallest absolute Gasteiger partial charge is 0.253 e. The van der Waals surface area contributed by atoms with E-state index in [9.17, 15) is 4.79 Å². The van der Waals surface area contributed by atoms with E-state index in [0.717, 1.165) is 5.56 Å². The largest absolute Gasteiger partial charge is 0.399 e. The molecule has 0 aliphatic rings. The summed E-state index contributed by atoms with van der Waals surface area (Å²) in [5.74, 6) is -0.167. The molecule has 3 N–H and O–H groups in total. The van der Waals surface area contributed by atoms with Crippen LogP contribution in [0.3, 0.4) is 0 Å². The zero-order chi connectivity index (χ0) is 12.2. The number of amides is 1. The summed E-state index contributed by atoms with van der Waals surface area (Å²) in [6.07, 6.45) is 0. The van der Waals surface area contributed by atoms with Crippen LogP contribution in [0.4, 0.5) is 5.69 Å². The molecule has 4 heteroatoms. The van der Waals surface area contributed by atoms with Crippen molar-refractivity contribution in [3.05, 3.63) is 29.8 Å². The average molecular weight is 222 g/mol. The van der Waals surface area contributed by atoms with Gasteiger partial charge in [-0.1, -0.05) is 12.1 Å². The van der Waals surface area contributed by atoms with Gasteiger partial charge in [-0.15, -0.1) is 0 Å². The van der Waals surface area contributed by atoms with Crippen molar-refractivity contribution in [1.82, 2.24) is 5.48 Å². The van der Waals surface area contributed by atoms with E-state index in [-0.39, 0.29) is 5.91 Å². The monoisotopic (exact) mass is 222 g/mol. The summed E-state index contributed by atoms with van der Waals surface area (Å²) in [6.45, 7) is 5.94. The number of hydrogen-bond donors (Lipinski definition) is 2. The number of benzene rings is 1. The van der Waals surface area contributed by atoms with Gasteiger partial charge in [0, 0.05) is 5.69 Å². The summed E-state index contributed by atoms with van der Waals surface area (Å²) >= 11 is 0. The van der Waals surface area contributed by atoms with E-state index in [1.807, 2.05) is 32.9 Å². The number of anilines is 1. The standard InChI is InChI=1S/C12H18N2O2/c1-4-16-14-11(15)12(2,3)9-5-7-10(13)8-6-9/h5-8H,4,13H2,1-3H3,(H,14,15). The first-order valence-electron chi connectivity index (χ1n) is 5.26. The molecule has 0 saturated heterocycles. The van der Waals surface area contributed by atoms with Crippen molar-refractivity contribution in [3.63, 3.8) is 0 Å². The van der Waals surface area contributed by atoms with Gasteiger partial charge in [0.1, 0.15) is 0 Å². The van der Waals surface area contributed by atoms with Crippen molar-refractivity contribution >= 4 is 11.6 Å². The van der Waals surface area contributed by atoms with E-state index in [0.29, 0.717) is 12.3 Å². The molecule has 0 radical (unpaired) electrons. The molecule has 4 nitrogen and oxygen atoms in total. The first-order chi connectivity index (χ1) is 7.48. The molecule has 0 heterocycles. The Labute approximate surface area is 95.7 Å². The molecule has 0 bridgehead atoms. The number of hydroxylamine groups is 1. The highest BCUT2D eigenvalue weighted by atomic mass is 16.6. The van der Waals surface area contributed by atoms with Gasteiger partial charge >= 0.3 is 0 Å². The Bertz CT molecular complexity index is 358. The summed E-state index contributed by atoms with van der Waals surface area (Å²) < 4.78 is 0. The van der Waals surface area contributed by atoms with Gasteiger partial charge in [-0.2, -0.15) is 0 Å². The molecule has 1 aromatic carbocycles. The number of nitrogens with two attached hydrogens (primary N) is 1. The van der Waals surface area contributed by atoms with E-state index in [1.165, 1.54) is 0 Å². The van der Waals surface area contributed by atoms with Crippen LogP contribution in [-0.2, 0) is 15.0 Å². The van der Waals surface area contributed by atoms with Gasteiger partial charge in [-0.3, -0.25) is 9.63 Å². The summed E-state index contributed by atoms with van der Waals surface area (Å²) in [7, 11) is 0. The second-order valence-electron chi connectivity index (χ2n) is 4.11. The number of carbonyl (C=O) groups excluding carboxylic acids is 1. The van der Waals surface area contributed by atoms with Crippen molar-refractivity contribution in [3.8, 4) is 0 Å². The minimum absolute atomic E-state index is 0.167. The van der Waals surface area contributed by atoms with E-state index < -0.39 is 5.41 Å². The number of carbonyl (C=O) groups is 1. The van der Waals surface area contributed by atoms with Gasteiger partial charge in [0.2, 0.25) is 0 Å². The lowest BCUT2D eigenvalue weighted by atomic mass is 9.84. The molecule has 0 unspecified atom stereocenters. The van der Waals surface area contributed by atoms with E-state index >= 15 is 0 Å². The highest BCUT2D eigenvalue weighted by molar-refractivity contribution is 5.86.